The van der Waals surface area contributed by atoms with Crippen LogP contribution in [0.15, 0.2) is 42.5 Å². The number of benzene rings is 2. The quantitative estimate of drug-likeness (QED) is 0.721. The summed E-state index contributed by atoms with van der Waals surface area (Å²) in [6.45, 7) is 7.17. The van der Waals surface area contributed by atoms with E-state index < -0.39 is 0 Å². The van der Waals surface area contributed by atoms with Gasteiger partial charge in [0.15, 0.2) is 5.69 Å². The topological polar surface area (TPSA) is 33.5 Å². The van der Waals surface area contributed by atoms with Crippen LogP contribution >= 0.6 is 0 Å². The minimum Gasteiger partial charge on any atom is -0.325 e. The molecular weight excluding hydrogens is 260 g/mol. The number of hydrogen-bond donors (Lipinski definition) is 1. The van der Waals surface area contributed by atoms with Gasteiger partial charge in [-0.15, -0.1) is 0 Å². The first kappa shape index (κ1) is 11.9. The Bertz CT molecular complexity index is 856. The fourth-order valence-corrected chi connectivity index (χ4v) is 3.20. The highest BCUT2D eigenvalue weighted by Crippen LogP contribution is 2.45. The van der Waals surface area contributed by atoms with Crippen molar-refractivity contribution in [1.29, 1.82) is 0 Å². The molecular formula is C18H12N2O. The Balaban J connectivity index is 1.96. The third kappa shape index (κ3) is 1.77. The van der Waals surface area contributed by atoms with Crippen LogP contribution in [0.3, 0.4) is 0 Å². The third-order valence-electron chi connectivity index (χ3n) is 4.14. The molecule has 2 aromatic carbocycles. The van der Waals surface area contributed by atoms with Gasteiger partial charge in [0.1, 0.15) is 0 Å². The van der Waals surface area contributed by atoms with Crippen molar-refractivity contribution in [3.8, 4) is 0 Å². The summed E-state index contributed by atoms with van der Waals surface area (Å²) < 4.78 is 0. The van der Waals surface area contributed by atoms with E-state index in [0.717, 1.165) is 28.8 Å². The highest BCUT2D eigenvalue weighted by molar-refractivity contribution is 6.12. The first-order valence-electron chi connectivity index (χ1n) is 6.88. The number of para-hydroxylation sites is 1. The highest BCUT2D eigenvalue weighted by Gasteiger charge is 2.28. The normalized spacial score (nSPS) is 15.5. The molecule has 0 saturated heterocycles. The number of hydrogen-bond acceptors (Lipinski definition) is 1. The molecule has 100 valence electrons. The molecule has 0 atom stereocenters. The lowest BCUT2D eigenvalue weighted by Crippen LogP contribution is -2.10. The number of nitrogens with zero attached hydrogens (tertiary/aromatic N) is 1. The molecule has 0 spiro atoms. The third-order valence-corrected chi connectivity index (χ3v) is 4.14. The molecule has 0 saturated carbocycles. The van der Waals surface area contributed by atoms with Crippen molar-refractivity contribution in [3.63, 3.8) is 0 Å². The van der Waals surface area contributed by atoms with Crippen molar-refractivity contribution in [2.75, 3.05) is 5.32 Å². The van der Waals surface area contributed by atoms with Gasteiger partial charge in [0, 0.05) is 11.3 Å². The molecule has 2 aliphatic rings. The summed E-state index contributed by atoms with van der Waals surface area (Å²) in [7, 11) is 0. The van der Waals surface area contributed by atoms with Gasteiger partial charge in [0.05, 0.1) is 13.0 Å². The fraction of sp³-hybridized carbons (Fsp3) is 0.111. The lowest BCUT2D eigenvalue weighted by Gasteiger charge is -2.09. The second kappa shape index (κ2) is 4.32. The van der Waals surface area contributed by atoms with Gasteiger partial charge in [0.25, 0.3) is 0 Å². The van der Waals surface area contributed by atoms with Gasteiger partial charge >= 0.3 is 0 Å². The number of anilines is 1. The maximum Gasteiger partial charge on any atom is 0.228 e. The minimum absolute atomic E-state index is 0.00788. The van der Waals surface area contributed by atoms with Gasteiger partial charge in [0.2, 0.25) is 5.91 Å². The minimum atomic E-state index is 0.00788. The van der Waals surface area contributed by atoms with E-state index in [-0.39, 0.29) is 5.91 Å². The van der Waals surface area contributed by atoms with E-state index in [9.17, 15) is 4.79 Å². The number of amides is 1. The molecule has 0 unspecified atom stereocenters. The number of carbonyl (C=O) groups excluding carboxylic acids is 1. The summed E-state index contributed by atoms with van der Waals surface area (Å²) in [4.78, 5) is 15.6. The molecule has 1 aliphatic carbocycles. The molecule has 1 N–H and O–H groups in total. The maximum absolute atomic E-state index is 12.1. The molecule has 3 heteroatoms. The SMILES string of the molecule is [C-]#[N+]c1ccc2c(c1)C1=C(C2)c2ccccc2NC(=O)C1. The van der Waals surface area contributed by atoms with E-state index in [1.807, 2.05) is 36.4 Å². The second-order valence-corrected chi connectivity index (χ2v) is 5.36. The molecule has 3 nitrogen and oxygen atoms in total. The van der Waals surface area contributed by atoms with Crippen LogP contribution in [0, 0.1) is 6.57 Å². The molecule has 2 aromatic rings. The van der Waals surface area contributed by atoms with Crippen molar-refractivity contribution in [2.45, 2.75) is 12.8 Å². The Kier molecular flexibility index (Phi) is 2.45. The fourth-order valence-electron chi connectivity index (χ4n) is 3.20. The van der Waals surface area contributed by atoms with Gasteiger partial charge in [-0.3, -0.25) is 4.79 Å². The van der Waals surface area contributed by atoms with Crippen LogP contribution in [-0.4, -0.2) is 5.91 Å². The summed E-state index contributed by atoms with van der Waals surface area (Å²) in [5, 5.41) is 2.97. The van der Waals surface area contributed by atoms with Crippen LogP contribution in [0.1, 0.15) is 23.1 Å². The zero-order valence-corrected chi connectivity index (χ0v) is 11.3. The summed E-state index contributed by atoms with van der Waals surface area (Å²) >= 11 is 0. The standard InChI is InChI=1S/C18H12N2O/c1-19-12-7-6-11-8-15-13-4-2-3-5-17(13)20-18(21)10-16(15)14(11)9-12/h2-7,9H,8,10H2,(H,20,21). The smallest absolute Gasteiger partial charge is 0.228 e. The van der Waals surface area contributed by atoms with E-state index in [0.29, 0.717) is 12.1 Å². The predicted molar refractivity (Wildman–Crippen MR) is 82.9 cm³/mol. The van der Waals surface area contributed by atoms with E-state index >= 15 is 0 Å². The average Bonchev–Trinajstić information content (AvgIpc) is 2.78. The van der Waals surface area contributed by atoms with E-state index in [1.54, 1.807) is 0 Å². The van der Waals surface area contributed by atoms with E-state index in [2.05, 4.69) is 16.2 Å². The van der Waals surface area contributed by atoms with Crippen LogP contribution in [0.4, 0.5) is 11.4 Å². The Labute approximate surface area is 122 Å². The molecule has 1 aliphatic heterocycles. The van der Waals surface area contributed by atoms with Crippen LogP contribution < -0.4 is 5.32 Å². The maximum atomic E-state index is 12.1. The van der Waals surface area contributed by atoms with Crippen molar-refractivity contribution >= 4 is 28.4 Å². The summed E-state index contributed by atoms with van der Waals surface area (Å²) in [5.41, 5.74) is 7.14. The summed E-state index contributed by atoms with van der Waals surface area (Å²) in [5.74, 6) is 0.00788. The zero-order chi connectivity index (χ0) is 14.4. The second-order valence-electron chi connectivity index (χ2n) is 5.36. The van der Waals surface area contributed by atoms with Crippen molar-refractivity contribution in [3.05, 3.63) is 70.6 Å². The molecule has 0 radical (unpaired) electrons. The first-order chi connectivity index (χ1) is 10.3. The molecule has 0 bridgehead atoms. The monoisotopic (exact) mass is 272 g/mol. The summed E-state index contributed by atoms with van der Waals surface area (Å²) in [6.07, 6.45) is 1.20. The molecule has 1 amide bonds. The molecule has 0 aromatic heterocycles. The van der Waals surface area contributed by atoms with E-state index in [4.69, 9.17) is 6.57 Å². The lowest BCUT2D eigenvalue weighted by molar-refractivity contribution is -0.115. The van der Waals surface area contributed by atoms with Gasteiger partial charge < -0.3 is 5.32 Å². The van der Waals surface area contributed by atoms with Crippen LogP contribution in [-0.2, 0) is 11.2 Å². The zero-order valence-electron chi connectivity index (χ0n) is 11.3. The van der Waals surface area contributed by atoms with Gasteiger partial charge in [-0.05, 0) is 40.8 Å². The van der Waals surface area contributed by atoms with Gasteiger partial charge in [-0.25, -0.2) is 4.85 Å². The number of rotatable bonds is 0. The van der Waals surface area contributed by atoms with Crippen molar-refractivity contribution in [1.82, 2.24) is 0 Å². The van der Waals surface area contributed by atoms with Gasteiger partial charge in [-0.1, -0.05) is 30.3 Å². The number of nitrogens with one attached hydrogen (secondary N) is 1. The van der Waals surface area contributed by atoms with Crippen molar-refractivity contribution in [2.24, 2.45) is 0 Å². The molecule has 1 heterocycles. The molecule has 21 heavy (non-hydrogen) atoms. The number of carbonyl (C=O) groups is 1. The molecule has 0 fully saturated rings. The Morgan fingerprint density at radius 2 is 1.81 bits per heavy atom. The lowest BCUT2D eigenvalue weighted by atomic mass is 9.98. The van der Waals surface area contributed by atoms with Crippen LogP contribution in [0.25, 0.3) is 16.0 Å². The summed E-state index contributed by atoms with van der Waals surface area (Å²) in [6, 6.07) is 13.7. The van der Waals surface area contributed by atoms with E-state index in [1.165, 1.54) is 11.1 Å². The Morgan fingerprint density at radius 3 is 2.67 bits per heavy atom. The highest BCUT2D eigenvalue weighted by atomic mass is 16.1. The molecule has 4 rings (SSSR count). The van der Waals surface area contributed by atoms with Crippen molar-refractivity contribution < 1.29 is 4.79 Å². The van der Waals surface area contributed by atoms with Crippen LogP contribution in [0.5, 0.6) is 0 Å². The number of fused-ring (bicyclic) bond motifs is 4. The largest absolute Gasteiger partial charge is 0.325 e. The van der Waals surface area contributed by atoms with Crippen LogP contribution in [0.2, 0.25) is 0 Å². The number of allylic oxidation sites excluding steroid dienone is 1. The Hall–Kier alpha value is -2.86. The predicted octanol–water partition coefficient (Wildman–Crippen LogP) is 4.05. The Morgan fingerprint density at radius 1 is 1.00 bits per heavy atom. The average molecular weight is 272 g/mol. The first-order valence-corrected chi connectivity index (χ1v) is 6.88. The van der Waals surface area contributed by atoms with Gasteiger partial charge in [-0.2, -0.15) is 0 Å².